The zero-order valence-electron chi connectivity index (χ0n) is 18.4. The molecule has 5 nitrogen and oxygen atoms in total. The summed E-state index contributed by atoms with van der Waals surface area (Å²) in [5.74, 6) is -0.0367. The summed E-state index contributed by atoms with van der Waals surface area (Å²) in [4.78, 5) is 28.6. The monoisotopic (exact) mass is 417 g/mol. The van der Waals surface area contributed by atoms with E-state index in [1.54, 1.807) is 12.2 Å². The standard InChI is InChI=1S/C26H31N3O2/c1-21-3-7-23(8-4-21)11-13-25(30)27-15-16-28-17-19-29(20-18-28)26(31)14-12-24-9-5-22(2)6-10-24/h3-14H,15-20H2,1-2H3,(H,27,30)/b13-11+,14-12+. The Morgan fingerprint density at radius 3 is 1.87 bits per heavy atom. The molecule has 0 radical (unpaired) electrons. The van der Waals surface area contributed by atoms with Crippen molar-refractivity contribution in [2.45, 2.75) is 13.8 Å². The van der Waals surface area contributed by atoms with Crippen LogP contribution in [0.5, 0.6) is 0 Å². The van der Waals surface area contributed by atoms with Gasteiger partial charge in [-0.3, -0.25) is 14.5 Å². The molecule has 1 N–H and O–H groups in total. The lowest BCUT2D eigenvalue weighted by molar-refractivity contribution is -0.127. The fourth-order valence-corrected chi connectivity index (χ4v) is 3.39. The van der Waals surface area contributed by atoms with Crippen LogP contribution in [-0.4, -0.2) is 60.9 Å². The van der Waals surface area contributed by atoms with Crippen molar-refractivity contribution in [2.24, 2.45) is 0 Å². The number of nitrogens with zero attached hydrogens (tertiary/aromatic N) is 2. The van der Waals surface area contributed by atoms with Gasteiger partial charge in [0.2, 0.25) is 11.8 Å². The van der Waals surface area contributed by atoms with Gasteiger partial charge in [-0.2, -0.15) is 0 Å². The van der Waals surface area contributed by atoms with Gasteiger partial charge < -0.3 is 10.2 Å². The minimum Gasteiger partial charge on any atom is -0.351 e. The van der Waals surface area contributed by atoms with E-state index < -0.39 is 0 Å². The molecule has 1 fully saturated rings. The lowest BCUT2D eigenvalue weighted by atomic mass is 10.1. The van der Waals surface area contributed by atoms with E-state index in [1.165, 1.54) is 11.1 Å². The molecule has 1 saturated heterocycles. The van der Waals surface area contributed by atoms with Crippen LogP contribution in [0.4, 0.5) is 0 Å². The summed E-state index contributed by atoms with van der Waals surface area (Å²) in [7, 11) is 0. The van der Waals surface area contributed by atoms with Crippen molar-refractivity contribution in [2.75, 3.05) is 39.3 Å². The molecule has 0 aromatic heterocycles. The quantitative estimate of drug-likeness (QED) is 0.704. The Labute approximate surface area is 185 Å². The average Bonchev–Trinajstić information content (AvgIpc) is 2.78. The van der Waals surface area contributed by atoms with Gasteiger partial charge in [-0.25, -0.2) is 0 Å². The van der Waals surface area contributed by atoms with Gasteiger partial charge in [0.1, 0.15) is 0 Å². The summed E-state index contributed by atoms with van der Waals surface area (Å²) in [5.41, 5.74) is 4.45. The Morgan fingerprint density at radius 1 is 0.806 bits per heavy atom. The highest BCUT2D eigenvalue weighted by atomic mass is 16.2. The number of hydrogen-bond donors (Lipinski definition) is 1. The summed E-state index contributed by atoms with van der Waals surface area (Å²) >= 11 is 0. The van der Waals surface area contributed by atoms with Crippen molar-refractivity contribution in [3.63, 3.8) is 0 Å². The molecule has 0 aliphatic carbocycles. The molecule has 2 amide bonds. The zero-order valence-corrected chi connectivity index (χ0v) is 18.4. The molecule has 0 spiro atoms. The molecule has 1 aliphatic heterocycles. The Bertz CT molecular complexity index is 919. The maximum atomic E-state index is 12.4. The van der Waals surface area contributed by atoms with Gasteiger partial charge in [0, 0.05) is 51.4 Å². The van der Waals surface area contributed by atoms with Crippen LogP contribution in [0.2, 0.25) is 0 Å². The molecule has 2 aromatic carbocycles. The second-order valence-corrected chi connectivity index (χ2v) is 7.95. The second kappa shape index (κ2) is 11.3. The number of piperazine rings is 1. The van der Waals surface area contributed by atoms with Gasteiger partial charge >= 0.3 is 0 Å². The highest BCUT2D eigenvalue weighted by Crippen LogP contribution is 2.08. The molecule has 0 atom stereocenters. The van der Waals surface area contributed by atoms with Crippen LogP contribution in [0.25, 0.3) is 12.2 Å². The number of benzene rings is 2. The van der Waals surface area contributed by atoms with Crippen LogP contribution >= 0.6 is 0 Å². The van der Waals surface area contributed by atoms with Gasteiger partial charge in [0.15, 0.2) is 0 Å². The predicted octanol–water partition coefficient (Wildman–Crippen LogP) is 3.29. The second-order valence-electron chi connectivity index (χ2n) is 7.95. The summed E-state index contributed by atoms with van der Waals surface area (Å²) in [5, 5.41) is 2.93. The fourth-order valence-electron chi connectivity index (χ4n) is 3.39. The first-order valence-electron chi connectivity index (χ1n) is 10.8. The average molecular weight is 418 g/mol. The Balaban J connectivity index is 1.34. The molecule has 0 saturated carbocycles. The van der Waals surface area contributed by atoms with Crippen molar-refractivity contribution in [3.05, 3.63) is 82.9 Å². The molecule has 5 heteroatoms. The normalized spacial score (nSPS) is 15.0. The molecule has 2 aromatic rings. The number of nitrogens with one attached hydrogen (secondary N) is 1. The molecular weight excluding hydrogens is 386 g/mol. The van der Waals surface area contributed by atoms with Crippen LogP contribution in [0.3, 0.4) is 0 Å². The van der Waals surface area contributed by atoms with Crippen LogP contribution in [0.15, 0.2) is 60.7 Å². The predicted molar refractivity (Wildman–Crippen MR) is 126 cm³/mol. The van der Waals surface area contributed by atoms with Crippen LogP contribution in [0.1, 0.15) is 22.3 Å². The largest absolute Gasteiger partial charge is 0.351 e. The number of rotatable bonds is 7. The maximum absolute atomic E-state index is 12.4. The molecular formula is C26H31N3O2. The minimum atomic E-state index is -0.0874. The van der Waals surface area contributed by atoms with E-state index in [0.29, 0.717) is 19.6 Å². The first-order chi connectivity index (χ1) is 15.0. The van der Waals surface area contributed by atoms with E-state index in [1.807, 2.05) is 79.4 Å². The number of aryl methyl sites for hydroxylation is 2. The van der Waals surface area contributed by atoms with Gasteiger partial charge in [-0.1, -0.05) is 59.7 Å². The van der Waals surface area contributed by atoms with Crippen molar-refractivity contribution >= 4 is 24.0 Å². The summed E-state index contributed by atoms with van der Waals surface area (Å²) in [6, 6.07) is 16.2. The van der Waals surface area contributed by atoms with Gasteiger partial charge in [-0.15, -0.1) is 0 Å². The Hall–Kier alpha value is -3.18. The molecule has 31 heavy (non-hydrogen) atoms. The topological polar surface area (TPSA) is 52.7 Å². The highest BCUT2D eigenvalue weighted by Gasteiger charge is 2.19. The molecule has 1 heterocycles. The lowest BCUT2D eigenvalue weighted by Gasteiger charge is -2.34. The first-order valence-corrected chi connectivity index (χ1v) is 10.8. The smallest absolute Gasteiger partial charge is 0.246 e. The first kappa shape index (κ1) is 22.5. The van der Waals surface area contributed by atoms with E-state index >= 15 is 0 Å². The van der Waals surface area contributed by atoms with E-state index in [-0.39, 0.29) is 11.8 Å². The van der Waals surface area contributed by atoms with E-state index in [0.717, 1.165) is 30.8 Å². The number of carbonyl (C=O) groups is 2. The molecule has 162 valence electrons. The van der Waals surface area contributed by atoms with Gasteiger partial charge in [0.05, 0.1) is 0 Å². The highest BCUT2D eigenvalue weighted by molar-refractivity contribution is 5.92. The summed E-state index contributed by atoms with van der Waals surface area (Å²) < 4.78 is 0. The van der Waals surface area contributed by atoms with Crippen LogP contribution < -0.4 is 5.32 Å². The summed E-state index contributed by atoms with van der Waals surface area (Å²) in [6.45, 7) is 8.52. The Morgan fingerprint density at radius 2 is 1.32 bits per heavy atom. The van der Waals surface area contributed by atoms with Crippen molar-refractivity contribution in [1.82, 2.24) is 15.1 Å². The number of amides is 2. The van der Waals surface area contributed by atoms with Crippen LogP contribution in [0, 0.1) is 13.8 Å². The van der Waals surface area contributed by atoms with E-state index in [9.17, 15) is 9.59 Å². The fraction of sp³-hybridized carbons (Fsp3) is 0.308. The molecule has 0 unspecified atom stereocenters. The Kier molecular flexibility index (Phi) is 8.19. The van der Waals surface area contributed by atoms with E-state index in [4.69, 9.17) is 0 Å². The number of carbonyl (C=O) groups excluding carboxylic acids is 2. The maximum Gasteiger partial charge on any atom is 0.246 e. The SMILES string of the molecule is Cc1ccc(/C=C/C(=O)NCCN2CCN(C(=O)/C=C/c3ccc(C)cc3)CC2)cc1. The third-order valence-corrected chi connectivity index (χ3v) is 5.41. The molecule has 3 rings (SSSR count). The lowest BCUT2D eigenvalue weighted by Crippen LogP contribution is -2.49. The van der Waals surface area contributed by atoms with Gasteiger partial charge in [0.25, 0.3) is 0 Å². The zero-order chi connectivity index (χ0) is 22.1. The number of hydrogen-bond acceptors (Lipinski definition) is 3. The van der Waals surface area contributed by atoms with E-state index in [2.05, 4.69) is 10.2 Å². The third-order valence-electron chi connectivity index (χ3n) is 5.41. The van der Waals surface area contributed by atoms with Crippen molar-refractivity contribution < 1.29 is 9.59 Å². The minimum absolute atomic E-state index is 0.0507. The molecule has 1 aliphatic rings. The van der Waals surface area contributed by atoms with Crippen LogP contribution in [-0.2, 0) is 9.59 Å². The van der Waals surface area contributed by atoms with Crippen molar-refractivity contribution in [1.29, 1.82) is 0 Å². The molecule has 0 bridgehead atoms. The summed E-state index contributed by atoms with van der Waals surface area (Å²) in [6.07, 6.45) is 6.92. The van der Waals surface area contributed by atoms with Crippen molar-refractivity contribution in [3.8, 4) is 0 Å². The third kappa shape index (κ3) is 7.54. The van der Waals surface area contributed by atoms with Gasteiger partial charge in [-0.05, 0) is 37.1 Å².